The first kappa shape index (κ1) is 17.1. The largest absolute Gasteiger partial charge is 0.302 e. The van der Waals surface area contributed by atoms with Gasteiger partial charge in [0, 0.05) is 34.5 Å². The van der Waals surface area contributed by atoms with Gasteiger partial charge < -0.3 is 4.57 Å². The lowest BCUT2D eigenvalue weighted by molar-refractivity contribution is 0.687. The van der Waals surface area contributed by atoms with Crippen LogP contribution in [0.2, 0.25) is 5.02 Å². The first-order chi connectivity index (χ1) is 12.8. The molecule has 2 aromatic heterocycles. The average molecular weight is 381 g/mol. The van der Waals surface area contributed by atoms with Crippen molar-refractivity contribution in [2.24, 2.45) is 0 Å². The molecule has 0 aliphatic carbocycles. The number of pyridine rings is 1. The molecule has 0 saturated heterocycles. The highest BCUT2D eigenvalue weighted by Crippen LogP contribution is 2.30. The molecule has 2 aromatic carbocycles. The van der Waals surface area contributed by atoms with Gasteiger partial charge in [-0.25, -0.2) is 0 Å². The molecule has 0 amide bonds. The Labute approximate surface area is 161 Å². The van der Waals surface area contributed by atoms with Crippen LogP contribution in [-0.4, -0.2) is 19.7 Å². The predicted molar refractivity (Wildman–Crippen MR) is 107 cm³/mol. The summed E-state index contributed by atoms with van der Waals surface area (Å²) in [6.45, 7) is 2.93. The highest BCUT2D eigenvalue weighted by atomic mass is 35.5. The van der Waals surface area contributed by atoms with Gasteiger partial charge >= 0.3 is 0 Å². The third-order valence-electron chi connectivity index (χ3n) is 4.22. The molecule has 0 aliphatic heterocycles. The molecule has 2 heterocycles. The van der Waals surface area contributed by atoms with Gasteiger partial charge in [-0.05, 0) is 30.7 Å². The topological polar surface area (TPSA) is 43.6 Å². The van der Waals surface area contributed by atoms with E-state index in [1.807, 2.05) is 42.5 Å². The first-order valence-corrected chi connectivity index (χ1v) is 9.78. The number of aromatic nitrogens is 4. The zero-order valence-corrected chi connectivity index (χ0v) is 15.8. The van der Waals surface area contributed by atoms with E-state index in [0.717, 1.165) is 50.3 Å². The minimum Gasteiger partial charge on any atom is -0.302 e. The highest BCUT2D eigenvalue weighted by Gasteiger charge is 2.14. The molecule has 0 spiro atoms. The van der Waals surface area contributed by atoms with Gasteiger partial charge in [-0.2, -0.15) is 0 Å². The number of benzene rings is 2. The number of rotatable bonds is 5. The molecule has 0 radical (unpaired) electrons. The van der Waals surface area contributed by atoms with E-state index in [1.165, 1.54) is 0 Å². The van der Waals surface area contributed by atoms with Gasteiger partial charge in [-0.3, -0.25) is 4.98 Å². The van der Waals surface area contributed by atoms with Crippen molar-refractivity contribution < 1.29 is 0 Å². The van der Waals surface area contributed by atoms with E-state index in [0.29, 0.717) is 0 Å². The standard InChI is InChI=1S/C20H17ClN4S/c1-2-25-19(14-7-4-3-5-8-14)23-24-20(25)26-13-15-10-11-17(21)16-9-6-12-22-18(15)16/h3-12H,2,13H2,1H3. The molecule has 0 N–H and O–H groups in total. The summed E-state index contributed by atoms with van der Waals surface area (Å²) in [7, 11) is 0. The van der Waals surface area contributed by atoms with E-state index in [2.05, 4.69) is 38.8 Å². The number of hydrogen-bond acceptors (Lipinski definition) is 4. The fraction of sp³-hybridized carbons (Fsp3) is 0.150. The van der Waals surface area contributed by atoms with Gasteiger partial charge in [0.15, 0.2) is 11.0 Å². The smallest absolute Gasteiger partial charge is 0.191 e. The van der Waals surface area contributed by atoms with E-state index >= 15 is 0 Å². The van der Waals surface area contributed by atoms with Crippen LogP contribution in [0.15, 0.2) is 66.0 Å². The maximum atomic E-state index is 6.29. The summed E-state index contributed by atoms with van der Waals surface area (Å²) in [5.41, 5.74) is 3.16. The average Bonchev–Trinajstić information content (AvgIpc) is 3.11. The van der Waals surface area contributed by atoms with Gasteiger partial charge in [0.2, 0.25) is 0 Å². The Morgan fingerprint density at radius 2 is 1.85 bits per heavy atom. The summed E-state index contributed by atoms with van der Waals surface area (Å²) in [5, 5.41) is 11.4. The van der Waals surface area contributed by atoms with Gasteiger partial charge in [-0.15, -0.1) is 10.2 Å². The summed E-state index contributed by atoms with van der Waals surface area (Å²) < 4.78 is 2.14. The van der Waals surface area contributed by atoms with Crippen molar-refractivity contribution in [2.75, 3.05) is 0 Å². The van der Waals surface area contributed by atoms with Crippen molar-refractivity contribution in [1.29, 1.82) is 0 Å². The first-order valence-electron chi connectivity index (χ1n) is 8.41. The molecule has 0 bridgehead atoms. The van der Waals surface area contributed by atoms with Crippen molar-refractivity contribution >= 4 is 34.3 Å². The predicted octanol–water partition coefficient (Wildman–Crippen LogP) is 5.46. The van der Waals surface area contributed by atoms with Crippen molar-refractivity contribution in [2.45, 2.75) is 24.4 Å². The van der Waals surface area contributed by atoms with E-state index in [9.17, 15) is 0 Å². The minimum atomic E-state index is 0.727. The molecule has 4 aromatic rings. The van der Waals surface area contributed by atoms with Crippen molar-refractivity contribution in [3.8, 4) is 11.4 Å². The van der Waals surface area contributed by atoms with Crippen LogP contribution in [0.4, 0.5) is 0 Å². The zero-order chi connectivity index (χ0) is 17.9. The summed E-state index contributed by atoms with van der Waals surface area (Å²) in [4.78, 5) is 4.51. The Kier molecular flexibility index (Phi) is 4.91. The lowest BCUT2D eigenvalue weighted by atomic mass is 10.1. The Hall–Kier alpha value is -2.37. The molecule has 0 atom stereocenters. The van der Waals surface area contributed by atoms with Gasteiger partial charge in [0.05, 0.1) is 5.52 Å². The lowest BCUT2D eigenvalue weighted by Crippen LogP contribution is -2.00. The number of thioether (sulfide) groups is 1. The summed E-state index contributed by atoms with van der Waals surface area (Å²) >= 11 is 7.96. The van der Waals surface area contributed by atoms with Gasteiger partial charge in [-0.1, -0.05) is 59.8 Å². The van der Waals surface area contributed by atoms with Crippen LogP contribution in [0.25, 0.3) is 22.3 Å². The fourth-order valence-electron chi connectivity index (χ4n) is 2.94. The van der Waals surface area contributed by atoms with Crippen LogP contribution in [0.5, 0.6) is 0 Å². The molecular formula is C20H17ClN4S. The van der Waals surface area contributed by atoms with Crippen LogP contribution in [0, 0.1) is 0 Å². The van der Waals surface area contributed by atoms with Crippen LogP contribution in [0.1, 0.15) is 12.5 Å². The molecular weight excluding hydrogens is 364 g/mol. The van der Waals surface area contributed by atoms with E-state index in [1.54, 1.807) is 18.0 Å². The van der Waals surface area contributed by atoms with Crippen LogP contribution < -0.4 is 0 Å². The second-order valence-electron chi connectivity index (χ2n) is 5.81. The Balaban J connectivity index is 1.64. The van der Waals surface area contributed by atoms with Gasteiger partial charge in [0.25, 0.3) is 0 Å². The van der Waals surface area contributed by atoms with Crippen LogP contribution >= 0.6 is 23.4 Å². The number of nitrogens with zero attached hydrogens (tertiary/aromatic N) is 4. The summed E-state index contributed by atoms with van der Waals surface area (Å²) in [6.07, 6.45) is 1.80. The fourth-order valence-corrected chi connectivity index (χ4v) is 4.14. The molecule has 4 nitrogen and oxygen atoms in total. The molecule has 26 heavy (non-hydrogen) atoms. The quantitative estimate of drug-likeness (QED) is 0.431. The van der Waals surface area contributed by atoms with E-state index < -0.39 is 0 Å². The zero-order valence-electron chi connectivity index (χ0n) is 14.3. The normalized spacial score (nSPS) is 11.2. The molecule has 0 aliphatic rings. The van der Waals surface area contributed by atoms with Crippen LogP contribution in [-0.2, 0) is 12.3 Å². The molecule has 130 valence electrons. The second-order valence-corrected chi connectivity index (χ2v) is 7.16. The number of hydrogen-bond donors (Lipinski definition) is 0. The van der Waals surface area contributed by atoms with Crippen molar-refractivity contribution in [1.82, 2.24) is 19.7 Å². The van der Waals surface area contributed by atoms with Crippen LogP contribution in [0.3, 0.4) is 0 Å². The lowest BCUT2D eigenvalue weighted by Gasteiger charge is -2.09. The molecule has 0 fully saturated rings. The number of halogens is 1. The third kappa shape index (κ3) is 3.20. The van der Waals surface area contributed by atoms with Crippen molar-refractivity contribution in [3.63, 3.8) is 0 Å². The molecule has 0 saturated carbocycles. The van der Waals surface area contributed by atoms with E-state index in [4.69, 9.17) is 11.6 Å². The Bertz CT molecular complexity index is 1050. The number of fused-ring (bicyclic) bond motifs is 1. The second kappa shape index (κ2) is 7.48. The molecule has 4 rings (SSSR count). The summed E-state index contributed by atoms with van der Waals surface area (Å²) in [6, 6.07) is 18.0. The highest BCUT2D eigenvalue weighted by molar-refractivity contribution is 7.98. The minimum absolute atomic E-state index is 0.727. The van der Waals surface area contributed by atoms with E-state index in [-0.39, 0.29) is 0 Å². The maximum absolute atomic E-state index is 6.29. The van der Waals surface area contributed by atoms with Crippen molar-refractivity contribution in [3.05, 3.63) is 71.4 Å². The Morgan fingerprint density at radius 1 is 1.00 bits per heavy atom. The van der Waals surface area contributed by atoms with Gasteiger partial charge in [0.1, 0.15) is 0 Å². The third-order valence-corrected chi connectivity index (χ3v) is 5.57. The molecule has 0 unspecified atom stereocenters. The SMILES string of the molecule is CCn1c(SCc2ccc(Cl)c3cccnc23)nnc1-c1ccccc1. The maximum Gasteiger partial charge on any atom is 0.191 e. The molecule has 6 heteroatoms. The Morgan fingerprint density at radius 3 is 2.65 bits per heavy atom. The monoisotopic (exact) mass is 380 g/mol. The summed E-state index contributed by atoms with van der Waals surface area (Å²) in [5.74, 6) is 1.66.